The minimum atomic E-state index is -3.62. The van der Waals surface area contributed by atoms with Gasteiger partial charge in [-0.1, -0.05) is 24.3 Å². The van der Waals surface area contributed by atoms with Crippen LogP contribution in [0.25, 0.3) is 21.1 Å². The van der Waals surface area contributed by atoms with Crippen molar-refractivity contribution in [1.29, 1.82) is 0 Å². The number of sulfone groups is 1. The van der Waals surface area contributed by atoms with Gasteiger partial charge in [0.2, 0.25) is 9.84 Å². The minimum Gasteiger partial charge on any atom is -0.294 e. The Bertz CT molecular complexity index is 1520. The molecule has 8 heteroatoms. The molecular formula is C23H17N3O3S2. The summed E-state index contributed by atoms with van der Waals surface area (Å²) in [5.41, 5.74) is 2.09. The molecule has 6 nitrogen and oxygen atoms in total. The molecule has 0 aliphatic carbocycles. The van der Waals surface area contributed by atoms with Crippen molar-refractivity contribution >= 4 is 48.1 Å². The molecule has 0 saturated heterocycles. The molecular weight excluding hydrogens is 430 g/mol. The Kier molecular flexibility index (Phi) is 4.88. The predicted octanol–water partition coefficient (Wildman–Crippen LogP) is 4.82. The molecule has 0 unspecified atom stereocenters. The highest BCUT2D eigenvalue weighted by molar-refractivity contribution is 7.92. The number of hydrogen-bond acceptors (Lipinski definition) is 6. The quantitative estimate of drug-likeness (QED) is 0.377. The molecule has 0 radical (unpaired) electrons. The molecule has 0 bridgehead atoms. The summed E-state index contributed by atoms with van der Waals surface area (Å²) in [7, 11) is -3.62. The van der Waals surface area contributed by atoms with E-state index in [1.54, 1.807) is 54.9 Å². The maximum Gasteiger partial charge on any atom is 0.208 e. The summed E-state index contributed by atoms with van der Waals surface area (Å²) in [6, 6.07) is 15.8. The molecule has 0 saturated carbocycles. The Morgan fingerprint density at radius 1 is 1.00 bits per heavy atom. The average molecular weight is 448 g/mol. The highest BCUT2D eigenvalue weighted by atomic mass is 32.2. The largest absolute Gasteiger partial charge is 0.294 e. The van der Waals surface area contributed by atoms with Gasteiger partial charge in [0.15, 0.2) is 11.4 Å². The van der Waals surface area contributed by atoms with Crippen LogP contribution in [0.4, 0.5) is 0 Å². The summed E-state index contributed by atoms with van der Waals surface area (Å²) >= 11 is 1.42. The highest BCUT2D eigenvalue weighted by Gasteiger charge is 2.21. The molecule has 0 atom stereocenters. The summed E-state index contributed by atoms with van der Waals surface area (Å²) in [5, 5.41) is 10.3. The lowest BCUT2D eigenvalue weighted by molar-refractivity contribution is 0.0982. The Morgan fingerprint density at radius 3 is 2.68 bits per heavy atom. The first-order valence-corrected chi connectivity index (χ1v) is 12.0. The molecule has 31 heavy (non-hydrogen) atoms. The van der Waals surface area contributed by atoms with E-state index in [1.165, 1.54) is 11.3 Å². The lowest BCUT2D eigenvalue weighted by Crippen LogP contribution is -2.04. The van der Waals surface area contributed by atoms with E-state index >= 15 is 0 Å². The van der Waals surface area contributed by atoms with E-state index < -0.39 is 9.84 Å². The number of rotatable bonds is 6. The molecule has 0 spiro atoms. The zero-order chi connectivity index (χ0) is 21.4. The van der Waals surface area contributed by atoms with Crippen molar-refractivity contribution in [3.05, 3.63) is 83.5 Å². The molecule has 0 aliphatic rings. The van der Waals surface area contributed by atoms with Gasteiger partial charge in [-0.15, -0.1) is 11.3 Å². The summed E-state index contributed by atoms with van der Waals surface area (Å²) in [5.74, 6) is -0.0170. The number of aryl methyl sites for hydroxylation is 1. The number of H-pyrrole nitrogens is 1. The SMILES string of the molecule is O=C(CCc1ccc(S(=O)(=O)c2cccc3ccsc23)cc1)c1cnc2[nH]ncc2c1. The molecule has 3 heterocycles. The molecule has 5 rings (SSSR count). The third-order valence-electron chi connectivity index (χ3n) is 5.22. The van der Waals surface area contributed by atoms with Crippen LogP contribution in [0.3, 0.4) is 0 Å². The Balaban J connectivity index is 1.32. The van der Waals surface area contributed by atoms with Crippen LogP contribution in [0.15, 0.2) is 82.2 Å². The topological polar surface area (TPSA) is 92.8 Å². The number of nitrogens with zero attached hydrogens (tertiary/aromatic N) is 2. The van der Waals surface area contributed by atoms with Crippen molar-refractivity contribution in [2.45, 2.75) is 22.6 Å². The lowest BCUT2D eigenvalue weighted by atomic mass is 10.0. The van der Waals surface area contributed by atoms with Crippen molar-refractivity contribution in [2.75, 3.05) is 0 Å². The van der Waals surface area contributed by atoms with E-state index in [2.05, 4.69) is 15.2 Å². The number of Topliss-reactive ketones (excluding diaryl/α,β-unsaturated/α-hetero) is 1. The fraction of sp³-hybridized carbons (Fsp3) is 0.0870. The first kappa shape index (κ1) is 19.6. The van der Waals surface area contributed by atoms with Crippen LogP contribution < -0.4 is 0 Å². The number of carbonyl (C=O) groups is 1. The summed E-state index contributed by atoms with van der Waals surface area (Å²) in [6.07, 6.45) is 4.01. The Hall–Kier alpha value is -3.36. The van der Waals surface area contributed by atoms with Gasteiger partial charge in [-0.05, 0) is 53.1 Å². The van der Waals surface area contributed by atoms with Gasteiger partial charge in [0.05, 0.1) is 20.7 Å². The number of thiophene rings is 1. The third kappa shape index (κ3) is 3.64. The van der Waals surface area contributed by atoms with Crippen molar-refractivity contribution < 1.29 is 13.2 Å². The number of carbonyl (C=O) groups excluding carboxylic acids is 1. The number of ketones is 1. The molecule has 3 aromatic heterocycles. The maximum atomic E-state index is 13.1. The zero-order valence-corrected chi connectivity index (χ0v) is 17.9. The standard InChI is InChI=1S/C23H17N3O3S2/c27-20(17-12-18-14-25-26-23(18)24-13-17)9-6-15-4-7-19(8-5-15)31(28,29)21-3-1-2-16-10-11-30-22(16)21/h1-5,7-8,10-14H,6,9H2,(H,24,25,26). The average Bonchev–Trinajstić information content (AvgIpc) is 3.46. The second-order valence-electron chi connectivity index (χ2n) is 7.20. The van der Waals surface area contributed by atoms with Crippen LogP contribution in [0, 0.1) is 0 Å². The number of pyridine rings is 1. The van der Waals surface area contributed by atoms with E-state index in [9.17, 15) is 13.2 Å². The molecule has 2 aromatic carbocycles. The van der Waals surface area contributed by atoms with Crippen LogP contribution in [0.2, 0.25) is 0 Å². The monoisotopic (exact) mass is 447 g/mol. The zero-order valence-electron chi connectivity index (χ0n) is 16.3. The van der Waals surface area contributed by atoms with Gasteiger partial charge in [0.1, 0.15) is 0 Å². The second-order valence-corrected chi connectivity index (χ2v) is 10.0. The van der Waals surface area contributed by atoms with E-state index in [0.717, 1.165) is 21.0 Å². The normalized spacial score (nSPS) is 11.9. The van der Waals surface area contributed by atoms with Crippen LogP contribution in [-0.2, 0) is 16.3 Å². The number of hydrogen-bond donors (Lipinski definition) is 1. The van der Waals surface area contributed by atoms with Crippen molar-refractivity contribution in [3.8, 4) is 0 Å². The van der Waals surface area contributed by atoms with Gasteiger partial charge in [0.25, 0.3) is 0 Å². The van der Waals surface area contributed by atoms with Gasteiger partial charge < -0.3 is 0 Å². The third-order valence-corrected chi connectivity index (χ3v) is 8.12. The van der Waals surface area contributed by atoms with E-state index in [1.807, 2.05) is 17.5 Å². The number of aromatic amines is 1. The number of nitrogens with one attached hydrogen (secondary N) is 1. The van der Waals surface area contributed by atoms with E-state index in [4.69, 9.17) is 0 Å². The van der Waals surface area contributed by atoms with Gasteiger partial charge in [-0.3, -0.25) is 9.89 Å². The Morgan fingerprint density at radius 2 is 1.84 bits per heavy atom. The molecule has 1 N–H and O–H groups in total. The number of benzene rings is 2. The van der Waals surface area contributed by atoms with Gasteiger partial charge in [0, 0.05) is 23.6 Å². The van der Waals surface area contributed by atoms with Crippen molar-refractivity contribution in [1.82, 2.24) is 15.2 Å². The van der Waals surface area contributed by atoms with Gasteiger partial charge >= 0.3 is 0 Å². The van der Waals surface area contributed by atoms with E-state index in [-0.39, 0.29) is 10.7 Å². The van der Waals surface area contributed by atoms with Crippen molar-refractivity contribution in [2.24, 2.45) is 0 Å². The summed E-state index contributed by atoms with van der Waals surface area (Å²) in [6.45, 7) is 0. The van der Waals surface area contributed by atoms with Crippen LogP contribution in [0.5, 0.6) is 0 Å². The molecule has 5 aromatic rings. The minimum absolute atomic E-state index is 0.0170. The molecule has 154 valence electrons. The van der Waals surface area contributed by atoms with Gasteiger partial charge in [-0.25, -0.2) is 13.4 Å². The highest BCUT2D eigenvalue weighted by Crippen LogP contribution is 2.32. The molecule has 0 amide bonds. The molecule has 0 fully saturated rings. The van der Waals surface area contributed by atoms with Crippen LogP contribution in [-0.4, -0.2) is 29.4 Å². The Labute approximate surface area is 182 Å². The van der Waals surface area contributed by atoms with Crippen molar-refractivity contribution in [3.63, 3.8) is 0 Å². The first-order chi connectivity index (χ1) is 15.0. The number of fused-ring (bicyclic) bond motifs is 2. The van der Waals surface area contributed by atoms with Crippen LogP contribution in [0.1, 0.15) is 22.3 Å². The predicted molar refractivity (Wildman–Crippen MR) is 120 cm³/mol. The molecule has 0 aliphatic heterocycles. The summed E-state index contributed by atoms with van der Waals surface area (Å²) in [4.78, 5) is 17.3. The smallest absolute Gasteiger partial charge is 0.208 e. The fourth-order valence-electron chi connectivity index (χ4n) is 3.53. The van der Waals surface area contributed by atoms with Gasteiger partial charge in [-0.2, -0.15) is 5.10 Å². The maximum absolute atomic E-state index is 13.1. The van der Waals surface area contributed by atoms with Crippen LogP contribution >= 0.6 is 11.3 Å². The summed E-state index contributed by atoms with van der Waals surface area (Å²) < 4.78 is 27.0. The van der Waals surface area contributed by atoms with E-state index in [0.29, 0.717) is 28.9 Å². The lowest BCUT2D eigenvalue weighted by Gasteiger charge is -2.07. The first-order valence-electron chi connectivity index (χ1n) is 9.65. The second kappa shape index (κ2) is 7.72. The fourth-order valence-corrected chi connectivity index (χ4v) is 6.18. The number of aromatic nitrogens is 3.